The van der Waals surface area contributed by atoms with E-state index in [9.17, 15) is 15.0 Å². The molecule has 0 aliphatic heterocycles. The van der Waals surface area contributed by atoms with Gasteiger partial charge < -0.3 is 14.9 Å². The quantitative estimate of drug-likeness (QED) is 0.397. The number of phenolic OH excluding ortho intramolecular Hbond substituents is 1. The number of hydrogen-bond donors (Lipinski definition) is 3. The molecule has 154 valence electrons. The van der Waals surface area contributed by atoms with Gasteiger partial charge in [-0.25, -0.2) is 5.43 Å². The van der Waals surface area contributed by atoms with Gasteiger partial charge in [0.1, 0.15) is 0 Å². The monoisotopic (exact) mass is 424 g/mol. The molecule has 0 saturated heterocycles. The minimum absolute atomic E-state index is 0.0961. The molecule has 3 N–H and O–H groups in total. The van der Waals surface area contributed by atoms with E-state index in [-0.39, 0.29) is 16.5 Å². The average Bonchev–Trinajstić information content (AvgIpc) is 2.77. The summed E-state index contributed by atoms with van der Waals surface area (Å²) in [5, 5.41) is 25.3. The van der Waals surface area contributed by atoms with E-state index in [1.54, 1.807) is 73.7 Å². The molecule has 30 heavy (non-hydrogen) atoms. The molecule has 6 nitrogen and oxygen atoms in total. The van der Waals surface area contributed by atoms with E-state index >= 15 is 0 Å². The standard InChI is InChI=1S/C23H21ClN2O4/c1-2-30-20-14-16(13-19(24)21(20)27)15-25-26-22(28)23(29,17-9-5-3-6-10-17)18-11-7-4-8-12-18/h3-15,27,29H,2H2,1H3,(H,26,28). The smallest absolute Gasteiger partial charge is 0.281 e. The van der Waals surface area contributed by atoms with Crippen LogP contribution in [-0.4, -0.2) is 28.9 Å². The molecule has 0 aliphatic rings. The number of phenols is 1. The second kappa shape index (κ2) is 9.43. The van der Waals surface area contributed by atoms with Gasteiger partial charge in [-0.3, -0.25) is 4.79 Å². The predicted octanol–water partition coefficient (Wildman–Crippen LogP) is 3.83. The molecule has 0 fully saturated rings. The summed E-state index contributed by atoms with van der Waals surface area (Å²) in [6, 6.07) is 20.3. The number of nitrogens with zero attached hydrogens (tertiary/aromatic N) is 1. The van der Waals surface area contributed by atoms with Crippen molar-refractivity contribution in [3.63, 3.8) is 0 Å². The fourth-order valence-corrected chi connectivity index (χ4v) is 3.19. The van der Waals surface area contributed by atoms with Crippen molar-refractivity contribution in [3.05, 3.63) is 94.5 Å². The van der Waals surface area contributed by atoms with Crippen LogP contribution in [0.4, 0.5) is 0 Å². The number of hydrogen-bond acceptors (Lipinski definition) is 5. The van der Waals surface area contributed by atoms with Crippen LogP contribution in [-0.2, 0) is 10.4 Å². The number of carbonyl (C=O) groups excluding carboxylic acids is 1. The molecular weight excluding hydrogens is 404 g/mol. The highest BCUT2D eigenvalue weighted by Gasteiger charge is 2.39. The molecule has 0 bridgehead atoms. The van der Waals surface area contributed by atoms with Crippen LogP contribution >= 0.6 is 11.6 Å². The number of carbonyl (C=O) groups is 1. The average molecular weight is 425 g/mol. The topological polar surface area (TPSA) is 91.2 Å². The zero-order valence-electron chi connectivity index (χ0n) is 16.2. The minimum Gasteiger partial charge on any atom is -0.503 e. The Morgan fingerprint density at radius 1 is 1.10 bits per heavy atom. The van der Waals surface area contributed by atoms with E-state index in [1.807, 2.05) is 0 Å². The summed E-state index contributed by atoms with van der Waals surface area (Å²) < 4.78 is 5.33. The summed E-state index contributed by atoms with van der Waals surface area (Å²) in [6.45, 7) is 2.13. The van der Waals surface area contributed by atoms with Crippen molar-refractivity contribution in [2.75, 3.05) is 6.61 Å². The first kappa shape index (κ1) is 21.4. The molecule has 1 amide bonds. The molecule has 0 heterocycles. The van der Waals surface area contributed by atoms with Crippen LogP contribution in [0.5, 0.6) is 11.5 Å². The highest BCUT2D eigenvalue weighted by molar-refractivity contribution is 6.32. The molecule has 0 spiro atoms. The predicted molar refractivity (Wildman–Crippen MR) is 116 cm³/mol. The first-order valence-corrected chi connectivity index (χ1v) is 9.66. The van der Waals surface area contributed by atoms with Gasteiger partial charge in [-0.15, -0.1) is 0 Å². The fraction of sp³-hybridized carbons (Fsp3) is 0.130. The maximum absolute atomic E-state index is 13.0. The van der Waals surface area contributed by atoms with Gasteiger partial charge in [-0.2, -0.15) is 5.10 Å². The Kier molecular flexibility index (Phi) is 6.72. The Morgan fingerprint density at radius 3 is 2.20 bits per heavy atom. The molecule has 0 saturated carbocycles. The van der Waals surface area contributed by atoms with Crippen molar-refractivity contribution in [3.8, 4) is 11.5 Å². The van der Waals surface area contributed by atoms with E-state index in [1.165, 1.54) is 12.3 Å². The first-order chi connectivity index (χ1) is 14.5. The maximum Gasteiger partial charge on any atom is 0.281 e. The van der Waals surface area contributed by atoms with Crippen LogP contribution in [0.1, 0.15) is 23.6 Å². The van der Waals surface area contributed by atoms with E-state index in [0.29, 0.717) is 23.3 Å². The number of aromatic hydroxyl groups is 1. The van der Waals surface area contributed by atoms with E-state index in [0.717, 1.165) is 0 Å². The Balaban J connectivity index is 1.87. The Labute approximate surface area is 179 Å². The lowest BCUT2D eigenvalue weighted by Gasteiger charge is -2.27. The minimum atomic E-state index is -1.93. The van der Waals surface area contributed by atoms with E-state index < -0.39 is 11.5 Å². The van der Waals surface area contributed by atoms with Crippen LogP contribution in [0.3, 0.4) is 0 Å². The van der Waals surface area contributed by atoms with Crippen LogP contribution in [0.15, 0.2) is 77.9 Å². The largest absolute Gasteiger partial charge is 0.503 e. The number of amides is 1. The third kappa shape index (κ3) is 4.45. The molecule has 0 unspecified atom stereocenters. The molecule has 3 aromatic carbocycles. The van der Waals surface area contributed by atoms with Gasteiger partial charge in [0.15, 0.2) is 17.1 Å². The van der Waals surface area contributed by atoms with Crippen molar-refractivity contribution < 1.29 is 19.7 Å². The molecular formula is C23H21ClN2O4. The zero-order chi connectivity index (χ0) is 21.6. The van der Waals surface area contributed by atoms with Crippen molar-refractivity contribution in [1.29, 1.82) is 0 Å². The summed E-state index contributed by atoms with van der Waals surface area (Å²) in [4.78, 5) is 13.0. The van der Waals surface area contributed by atoms with Crippen molar-refractivity contribution in [2.45, 2.75) is 12.5 Å². The second-order valence-electron chi connectivity index (χ2n) is 6.42. The molecule has 7 heteroatoms. The maximum atomic E-state index is 13.0. The summed E-state index contributed by atoms with van der Waals surface area (Å²) in [7, 11) is 0. The molecule has 0 atom stereocenters. The van der Waals surface area contributed by atoms with Gasteiger partial charge in [0.25, 0.3) is 5.91 Å². The lowest BCUT2D eigenvalue weighted by molar-refractivity contribution is -0.136. The summed E-state index contributed by atoms with van der Waals surface area (Å²) in [6.07, 6.45) is 1.35. The van der Waals surface area contributed by atoms with Crippen molar-refractivity contribution in [1.82, 2.24) is 5.43 Å². The van der Waals surface area contributed by atoms with Crippen LogP contribution < -0.4 is 10.2 Å². The van der Waals surface area contributed by atoms with Crippen molar-refractivity contribution in [2.24, 2.45) is 5.10 Å². The van der Waals surface area contributed by atoms with Crippen LogP contribution in [0.25, 0.3) is 0 Å². The van der Waals surface area contributed by atoms with Crippen LogP contribution in [0, 0.1) is 0 Å². The summed E-state index contributed by atoms with van der Waals surface area (Å²) in [5.74, 6) is -0.670. The zero-order valence-corrected chi connectivity index (χ0v) is 17.0. The van der Waals surface area contributed by atoms with Crippen molar-refractivity contribution >= 4 is 23.7 Å². The summed E-state index contributed by atoms with van der Waals surface area (Å²) >= 11 is 6.01. The Morgan fingerprint density at radius 2 is 1.67 bits per heavy atom. The third-order valence-electron chi connectivity index (χ3n) is 4.44. The molecule has 0 aliphatic carbocycles. The lowest BCUT2D eigenvalue weighted by Crippen LogP contribution is -2.43. The second-order valence-corrected chi connectivity index (χ2v) is 6.83. The number of halogens is 1. The fourth-order valence-electron chi connectivity index (χ4n) is 2.97. The Hall–Kier alpha value is -3.35. The SMILES string of the molecule is CCOc1cc(C=NNC(=O)C(O)(c2ccccc2)c2ccccc2)cc(Cl)c1O. The normalized spacial score (nSPS) is 11.4. The Bertz CT molecular complexity index is 1000. The van der Waals surface area contributed by atoms with Gasteiger partial charge in [-0.05, 0) is 35.7 Å². The van der Waals surface area contributed by atoms with Gasteiger partial charge >= 0.3 is 0 Å². The van der Waals surface area contributed by atoms with Gasteiger partial charge in [0, 0.05) is 0 Å². The van der Waals surface area contributed by atoms with E-state index in [4.69, 9.17) is 16.3 Å². The van der Waals surface area contributed by atoms with E-state index in [2.05, 4.69) is 10.5 Å². The first-order valence-electron chi connectivity index (χ1n) is 9.29. The van der Waals surface area contributed by atoms with Gasteiger partial charge in [-0.1, -0.05) is 72.3 Å². The molecule has 0 radical (unpaired) electrons. The number of benzene rings is 3. The van der Waals surface area contributed by atoms with Gasteiger partial charge in [0.2, 0.25) is 0 Å². The molecule has 0 aromatic heterocycles. The van der Waals surface area contributed by atoms with Gasteiger partial charge in [0.05, 0.1) is 17.8 Å². The number of aliphatic hydroxyl groups is 1. The van der Waals surface area contributed by atoms with Crippen LogP contribution in [0.2, 0.25) is 5.02 Å². The number of nitrogens with one attached hydrogen (secondary N) is 1. The number of hydrazone groups is 1. The molecule has 3 aromatic rings. The lowest BCUT2D eigenvalue weighted by atomic mass is 9.85. The highest BCUT2D eigenvalue weighted by atomic mass is 35.5. The number of ether oxygens (including phenoxy) is 1. The highest BCUT2D eigenvalue weighted by Crippen LogP contribution is 2.35. The number of rotatable bonds is 7. The summed E-state index contributed by atoms with van der Waals surface area (Å²) in [5.41, 5.74) is 1.79. The third-order valence-corrected chi connectivity index (χ3v) is 4.73. The molecule has 3 rings (SSSR count).